The normalized spacial score (nSPS) is 25.2. The van der Waals surface area contributed by atoms with Gasteiger partial charge in [0.05, 0.1) is 18.8 Å². The van der Waals surface area contributed by atoms with E-state index in [1.54, 1.807) is 23.1 Å². The lowest BCUT2D eigenvalue weighted by Crippen LogP contribution is -2.71. The van der Waals surface area contributed by atoms with Crippen molar-refractivity contribution in [2.75, 3.05) is 25.2 Å². The molecule has 164 valence electrons. The molecule has 0 saturated carbocycles. The Bertz CT molecular complexity index is 983. The summed E-state index contributed by atoms with van der Waals surface area (Å²) in [6.45, 7) is 4.64. The summed E-state index contributed by atoms with van der Waals surface area (Å²) in [5.74, 6) is -0.637. The molecular weight excluding hydrogens is 416 g/mol. The molecule has 2 N–H and O–H groups in total. The Hall–Kier alpha value is -2.84. The van der Waals surface area contributed by atoms with E-state index in [-0.39, 0.29) is 5.92 Å². The van der Waals surface area contributed by atoms with Gasteiger partial charge >= 0.3 is 5.97 Å². The summed E-state index contributed by atoms with van der Waals surface area (Å²) in [4.78, 5) is 14.6. The zero-order chi connectivity index (χ0) is 22.2. The fraction of sp³-hybridized carbons (Fsp3) is 0.391. The topological polar surface area (TPSA) is 80.3 Å². The summed E-state index contributed by atoms with van der Waals surface area (Å²) >= 11 is 5.72. The maximum absolute atomic E-state index is 13.1. The minimum absolute atomic E-state index is 0.307. The number of nitrogens with zero attached hydrogens (tertiary/aromatic N) is 1. The molecule has 0 unspecified atom stereocenters. The molecule has 2 aromatic carbocycles. The van der Waals surface area contributed by atoms with E-state index in [2.05, 4.69) is 5.32 Å². The fourth-order valence-electron chi connectivity index (χ4n) is 4.31. The van der Waals surface area contributed by atoms with Gasteiger partial charge in [0.2, 0.25) is 0 Å². The Morgan fingerprint density at radius 2 is 1.87 bits per heavy atom. The highest BCUT2D eigenvalue weighted by Gasteiger charge is 2.58. The highest BCUT2D eigenvalue weighted by Crippen LogP contribution is 2.46. The third-order valence-corrected chi connectivity index (χ3v) is 6.18. The SMILES string of the molecule is COC(=O)[C@@H]1[C@@H](c2ccccc2)NC(=S)N(c2ccc3c(c2)OCCO3)[C@]1(O)C(C)C. The van der Waals surface area contributed by atoms with Gasteiger partial charge in [-0.3, -0.25) is 9.69 Å². The summed E-state index contributed by atoms with van der Waals surface area (Å²) in [6, 6.07) is 14.3. The predicted molar refractivity (Wildman–Crippen MR) is 120 cm³/mol. The van der Waals surface area contributed by atoms with Crippen LogP contribution in [0.5, 0.6) is 11.5 Å². The van der Waals surface area contributed by atoms with Gasteiger partial charge in [0, 0.05) is 12.0 Å². The maximum Gasteiger partial charge on any atom is 0.316 e. The van der Waals surface area contributed by atoms with E-state index in [1.807, 2.05) is 44.2 Å². The Kier molecular flexibility index (Phi) is 5.77. The molecule has 0 spiro atoms. The zero-order valence-electron chi connectivity index (χ0n) is 17.7. The third kappa shape index (κ3) is 3.59. The number of benzene rings is 2. The van der Waals surface area contributed by atoms with Gasteiger partial charge in [0.25, 0.3) is 0 Å². The van der Waals surface area contributed by atoms with Crippen molar-refractivity contribution in [2.45, 2.75) is 25.6 Å². The largest absolute Gasteiger partial charge is 0.486 e. The molecule has 1 fully saturated rings. The number of thiocarbonyl (C=S) groups is 1. The molecule has 2 aromatic rings. The van der Waals surface area contributed by atoms with Crippen molar-refractivity contribution < 1.29 is 24.1 Å². The Morgan fingerprint density at radius 1 is 1.19 bits per heavy atom. The second-order valence-corrected chi connectivity index (χ2v) is 8.33. The van der Waals surface area contributed by atoms with Crippen LogP contribution in [0.1, 0.15) is 25.5 Å². The number of aliphatic hydroxyl groups is 1. The lowest BCUT2D eigenvalue weighted by molar-refractivity contribution is -0.163. The van der Waals surface area contributed by atoms with E-state index in [0.29, 0.717) is 35.5 Å². The van der Waals surface area contributed by atoms with Gasteiger partial charge in [-0.1, -0.05) is 44.2 Å². The van der Waals surface area contributed by atoms with Crippen LogP contribution in [-0.4, -0.2) is 42.2 Å². The van der Waals surface area contributed by atoms with Crippen molar-refractivity contribution in [3.8, 4) is 11.5 Å². The predicted octanol–water partition coefficient (Wildman–Crippen LogP) is 3.03. The van der Waals surface area contributed by atoms with Crippen LogP contribution in [-0.2, 0) is 9.53 Å². The highest BCUT2D eigenvalue weighted by atomic mass is 32.1. The number of methoxy groups -OCH3 is 1. The molecule has 0 aromatic heterocycles. The number of esters is 1. The van der Waals surface area contributed by atoms with E-state index in [1.165, 1.54) is 7.11 Å². The molecule has 4 rings (SSSR count). The molecule has 0 bridgehead atoms. The molecule has 2 aliphatic heterocycles. The number of carbonyl (C=O) groups is 1. The summed E-state index contributed by atoms with van der Waals surface area (Å²) in [5, 5.41) is 15.7. The summed E-state index contributed by atoms with van der Waals surface area (Å²) in [5.41, 5.74) is -0.223. The van der Waals surface area contributed by atoms with Crippen LogP contribution < -0.4 is 19.7 Å². The van der Waals surface area contributed by atoms with Gasteiger partial charge in [-0.25, -0.2) is 0 Å². The average molecular weight is 443 g/mol. The van der Waals surface area contributed by atoms with Crippen LogP contribution in [0.3, 0.4) is 0 Å². The minimum atomic E-state index is -1.65. The van der Waals surface area contributed by atoms with Gasteiger partial charge in [-0.15, -0.1) is 0 Å². The summed E-state index contributed by atoms with van der Waals surface area (Å²) in [6.07, 6.45) is 0. The zero-order valence-corrected chi connectivity index (χ0v) is 18.5. The number of hydrogen-bond donors (Lipinski definition) is 2. The first-order valence-corrected chi connectivity index (χ1v) is 10.6. The molecule has 8 heteroatoms. The van der Waals surface area contributed by atoms with Crippen molar-refractivity contribution in [2.24, 2.45) is 11.8 Å². The lowest BCUT2D eigenvalue weighted by atomic mass is 9.76. The molecule has 0 aliphatic carbocycles. The molecule has 0 radical (unpaired) electrons. The van der Waals surface area contributed by atoms with Crippen LogP contribution in [0, 0.1) is 11.8 Å². The van der Waals surface area contributed by atoms with E-state index in [4.69, 9.17) is 26.4 Å². The smallest absolute Gasteiger partial charge is 0.316 e. The van der Waals surface area contributed by atoms with Crippen LogP contribution >= 0.6 is 12.2 Å². The van der Waals surface area contributed by atoms with Crippen molar-refractivity contribution >= 4 is 29.0 Å². The van der Waals surface area contributed by atoms with Crippen molar-refractivity contribution in [3.63, 3.8) is 0 Å². The minimum Gasteiger partial charge on any atom is -0.486 e. The van der Waals surface area contributed by atoms with E-state index < -0.39 is 23.7 Å². The number of hydrogen-bond acceptors (Lipinski definition) is 6. The first kappa shape index (κ1) is 21.4. The number of ether oxygens (including phenoxy) is 3. The molecule has 7 nitrogen and oxygen atoms in total. The number of nitrogens with one attached hydrogen (secondary N) is 1. The van der Waals surface area contributed by atoms with Crippen molar-refractivity contribution in [1.29, 1.82) is 0 Å². The molecule has 31 heavy (non-hydrogen) atoms. The van der Waals surface area contributed by atoms with Crippen LogP contribution in [0.2, 0.25) is 0 Å². The lowest BCUT2D eigenvalue weighted by Gasteiger charge is -2.54. The second-order valence-electron chi connectivity index (χ2n) is 7.94. The Balaban J connectivity index is 1.85. The number of carbonyl (C=O) groups excluding carboxylic acids is 1. The van der Waals surface area contributed by atoms with Gasteiger partial charge < -0.3 is 24.6 Å². The van der Waals surface area contributed by atoms with Crippen LogP contribution in [0.15, 0.2) is 48.5 Å². The van der Waals surface area contributed by atoms with Crippen LogP contribution in [0.25, 0.3) is 0 Å². The second kappa shape index (κ2) is 8.36. The summed E-state index contributed by atoms with van der Waals surface area (Å²) < 4.78 is 16.5. The monoisotopic (exact) mass is 442 g/mol. The quantitative estimate of drug-likeness (QED) is 0.553. The number of anilines is 1. The third-order valence-electron chi connectivity index (χ3n) is 5.88. The van der Waals surface area contributed by atoms with Crippen molar-refractivity contribution in [3.05, 3.63) is 54.1 Å². The standard InChI is InChI=1S/C23H26N2O5S/c1-14(2)23(27)19(21(26)28-3)20(15-7-5-4-6-8-15)24-22(31)25(23)16-9-10-17-18(13-16)30-12-11-29-17/h4-10,13-14,19-20,27H,11-12H2,1-3H3,(H,24,31)/t19-,20+,23-/m0/s1. The molecule has 0 amide bonds. The number of rotatable bonds is 4. The van der Waals surface area contributed by atoms with Crippen LogP contribution in [0.4, 0.5) is 5.69 Å². The Morgan fingerprint density at radius 3 is 2.52 bits per heavy atom. The van der Waals surface area contributed by atoms with Gasteiger partial charge in [-0.2, -0.15) is 0 Å². The molecule has 3 atom stereocenters. The Labute approximate surface area is 186 Å². The first-order valence-electron chi connectivity index (χ1n) is 10.2. The van der Waals surface area contributed by atoms with Gasteiger partial charge in [0.1, 0.15) is 19.1 Å². The maximum atomic E-state index is 13.1. The molecule has 1 saturated heterocycles. The van der Waals surface area contributed by atoms with Gasteiger partial charge in [-0.05, 0) is 29.9 Å². The van der Waals surface area contributed by atoms with E-state index >= 15 is 0 Å². The fourth-order valence-corrected chi connectivity index (χ4v) is 4.69. The van der Waals surface area contributed by atoms with Crippen molar-refractivity contribution in [1.82, 2.24) is 5.32 Å². The average Bonchev–Trinajstić information content (AvgIpc) is 2.78. The first-order chi connectivity index (χ1) is 14.9. The van der Waals surface area contributed by atoms with E-state index in [0.717, 1.165) is 5.56 Å². The van der Waals surface area contributed by atoms with Gasteiger partial charge in [0.15, 0.2) is 22.3 Å². The molecule has 2 aliphatic rings. The molecular formula is C23H26N2O5S. The highest BCUT2D eigenvalue weighted by molar-refractivity contribution is 7.80. The summed E-state index contributed by atoms with van der Waals surface area (Å²) in [7, 11) is 1.33. The number of fused-ring (bicyclic) bond motifs is 1. The van der Waals surface area contributed by atoms with E-state index in [9.17, 15) is 9.90 Å². The molecule has 2 heterocycles.